The van der Waals surface area contributed by atoms with Crippen molar-refractivity contribution in [1.82, 2.24) is 0 Å². The minimum atomic E-state index is -1.96. The highest BCUT2D eigenvalue weighted by molar-refractivity contribution is 6.74. The van der Waals surface area contributed by atoms with E-state index in [2.05, 4.69) is 33.9 Å². The minimum Gasteiger partial charge on any atom is -0.410 e. The van der Waals surface area contributed by atoms with Gasteiger partial charge in [-0.15, -0.1) is 0 Å². The number of aldehydes is 1. The number of ether oxygens (including phenoxy) is 2. The fourth-order valence-electron chi connectivity index (χ4n) is 1.99. The lowest BCUT2D eigenvalue weighted by Crippen LogP contribution is -2.50. The molecule has 20 heavy (non-hydrogen) atoms. The standard InChI is InChI=1S/C15H30O4Si/c1-11(9-16)13(12-10-17-15(5,6)18-12)19-20(7,8)14(2,3)4/h9,11-13H,10H2,1-8H3/t11-,12+,13-/m0/s1. The summed E-state index contributed by atoms with van der Waals surface area (Å²) in [6.07, 6.45) is 0.529. The summed E-state index contributed by atoms with van der Waals surface area (Å²) < 4.78 is 18.0. The molecule has 0 spiro atoms. The average Bonchev–Trinajstić information content (AvgIpc) is 2.64. The van der Waals surface area contributed by atoms with Crippen LogP contribution in [-0.2, 0) is 18.7 Å². The van der Waals surface area contributed by atoms with Crippen LogP contribution >= 0.6 is 0 Å². The van der Waals surface area contributed by atoms with Crippen LogP contribution < -0.4 is 0 Å². The summed E-state index contributed by atoms with van der Waals surface area (Å²) >= 11 is 0. The Balaban J connectivity index is 2.89. The second kappa shape index (κ2) is 5.87. The van der Waals surface area contributed by atoms with Gasteiger partial charge in [0.25, 0.3) is 0 Å². The van der Waals surface area contributed by atoms with E-state index in [0.717, 1.165) is 6.29 Å². The average molecular weight is 302 g/mol. The molecule has 0 aromatic carbocycles. The molecule has 4 nitrogen and oxygen atoms in total. The van der Waals surface area contributed by atoms with Crippen molar-refractivity contribution < 1.29 is 18.7 Å². The Morgan fingerprint density at radius 2 is 1.90 bits per heavy atom. The predicted molar refractivity (Wildman–Crippen MR) is 82.2 cm³/mol. The molecule has 118 valence electrons. The topological polar surface area (TPSA) is 44.8 Å². The van der Waals surface area contributed by atoms with Crippen molar-refractivity contribution in [2.45, 2.75) is 77.7 Å². The van der Waals surface area contributed by atoms with E-state index in [0.29, 0.717) is 6.61 Å². The summed E-state index contributed by atoms with van der Waals surface area (Å²) in [6, 6.07) is 0. The van der Waals surface area contributed by atoms with Gasteiger partial charge in [0.1, 0.15) is 12.4 Å². The molecule has 5 heteroatoms. The quantitative estimate of drug-likeness (QED) is 0.577. The second-order valence-electron chi connectivity index (χ2n) is 7.71. The van der Waals surface area contributed by atoms with Crippen LogP contribution in [0.15, 0.2) is 0 Å². The van der Waals surface area contributed by atoms with Crippen LogP contribution in [0.4, 0.5) is 0 Å². The number of hydrogen-bond acceptors (Lipinski definition) is 4. The molecule has 0 saturated carbocycles. The van der Waals surface area contributed by atoms with E-state index in [1.807, 2.05) is 20.8 Å². The molecule has 0 bridgehead atoms. The highest BCUT2D eigenvalue weighted by Gasteiger charge is 2.45. The van der Waals surface area contributed by atoms with E-state index in [-0.39, 0.29) is 23.2 Å². The highest BCUT2D eigenvalue weighted by Crippen LogP contribution is 2.39. The third kappa shape index (κ3) is 4.13. The monoisotopic (exact) mass is 302 g/mol. The zero-order chi connectivity index (χ0) is 15.8. The van der Waals surface area contributed by atoms with Gasteiger partial charge in [0.05, 0.1) is 12.7 Å². The van der Waals surface area contributed by atoms with E-state index >= 15 is 0 Å². The molecule has 0 unspecified atom stereocenters. The molecule has 0 radical (unpaired) electrons. The summed E-state index contributed by atoms with van der Waals surface area (Å²) in [4.78, 5) is 11.2. The van der Waals surface area contributed by atoms with Crippen molar-refractivity contribution in [3.63, 3.8) is 0 Å². The highest BCUT2D eigenvalue weighted by atomic mass is 28.4. The summed E-state index contributed by atoms with van der Waals surface area (Å²) in [5.41, 5.74) is 0. The first-order chi connectivity index (χ1) is 8.89. The predicted octanol–water partition coefficient (Wildman–Crippen LogP) is 3.36. The third-order valence-corrected chi connectivity index (χ3v) is 8.84. The Morgan fingerprint density at radius 1 is 1.35 bits per heavy atom. The third-order valence-electron chi connectivity index (χ3n) is 4.37. The fraction of sp³-hybridized carbons (Fsp3) is 0.933. The molecule has 0 aromatic rings. The van der Waals surface area contributed by atoms with Gasteiger partial charge in [-0.05, 0) is 32.0 Å². The lowest BCUT2D eigenvalue weighted by Gasteiger charge is -2.41. The van der Waals surface area contributed by atoms with Gasteiger partial charge in [0, 0.05) is 5.92 Å². The number of carbonyl (C=O) groups excluding carboxylic acids is 1. The van der Waals surface area contributed by atoms with Crippen molar-refractivity contribution >= 4 is 14.6 Å². The largest absolute Gasteiger partial charge is 0.410 e. The first-order valence-corrected chi connectivity index (χ1v) is 10.3. The second-order valence-corrected chi connectivity index (χ2v) is 12.5. The maximum absolute atomic E-state index is 11.2. The molecular formula is C15H30O4Si. The molecule has 1 aliphatic rings. The van der Waals surface area contributed by atoms with Crippen LogP contribution in [0.1, 0.15) is 41.5 Å². The van der Waals surface area contributed by atoms with Gasteiger partial charge < -0.3 is 18.7 Å². The first kappa shape index (κ1) is 17.8. The van der Waals surface area contributed by atoms with Crippen molar-refractivity contribution in [3.8, 4) is 0 Å². The summed E-state index contributed by atoms with van der Waals surface area (Å²) in [5.74, 6) is -0.797. The maximum atomic E-state index is 11.2. The zero-order valence-corrected chi connectivity index (χ0v) is 15.1. The van der Waals surface area contributed by atoms with Crippen molar-refractivity contribution in [1.29, 1.82) is 0 Å². The Kier molecular flexibility index (Phi) is 5.23. The lowest BCUT2D eigenvalue weighted by molar-refractivity contribution is -0.154. The summed E-state index contributed by atoms with van der Waals surface area (Å²) in [7, 11) is -1.96. The molecule has 1 fully saturated rings. The molecule has 1 saturated heterocycles. The van der Waals surface area contributed by atoms with Gasteiger partial charge in [-0.3, -0.25) is 0 Å². The smallest absolute Gasteiger partial charge is 0.192 e. The van der Waals surface area contributed by atoms with Crippen LogP contribution in [-0.4, -0.2) is 39.2 Å². The molecule has 1 aliphatic heterocycles. The zero-order valence-electron chi connectivity index (χ0n) is 14.1. The molecule has 1 rings (SSSR count). The lowest BCUT2D eigenvalue weighted by atomic mass is 10.0. The molecule has 1 heterocycles. The first-order valence-electron chi connectivity index (χ1n) is 7.34. The summed E-state index contributed by atoms with van der Waals surface area (Å²) in [6.45, 7) is 17.1. The van der Waals surface area contributed by atoms with Gasteiger partial charge in [0.15, 0.2) is 14.1 Å². The Morgan fingerprint density at radius 3 is 2.25 bits per heavy atom. The van der Waals surface area contributed by atoms with Gasteiger partial charge in [-0.1, -0.05) is 27.7 Å². The molecular weight excluding hydrogens is 272 g/mol. The van der Waals surface area contributed by atoms with Crippen LogP contribution in [0.25, 0.3) is 0 Å². The van der Waals surface area contributed by atoms with E-state index in [1.165, 1.54) is 0 Å². The van der Waals surface area contributed by atoms with Crippen LogP contribution in [0.3, 0.4) is 0 Å². The van der Waals surface area contributed by atoms with E-state index in [4.69, 9.17) is 13.9 Å². The SMILES string of the molecule is C[C@@H](C=O)[C@H](O[Si](C)(C)C(C)(C)C)[C@H]1COC(C)(C)O1. The van der Waals surface area contributed by atoms with Gasteiger partial charge >= 0.3 is 0 Å². The number of rotatable bonds is 5. The Bertz CT molecular complexity index is 346. The van der Waals surface area contributed by atoms with Gasteiger partial charge in [-0.25, -0.2) is 0 Å². The minimum absolute atomic E-state index is 0.100. The van der Waals surface area contributed by atoms with Gasteiger partial charge in [-0.2, -0.15) is 0 Å². The molecule has 3 atom stereocenters. The van der Waals surface area contributed by atoms with Gasteiger partial charge in [0.2, 0.25) is 0 Å². The maximum Gasteiger partial charge on any atom is 0.192 e. The van der Waals surface area contributed by atoms with Crippen molar-refractivity contribution in [2.24, 2.45) is 5.92 Å². The van der Waals surface area contributed by atoms with Crippen molar-refractivity contribution in [2.75, 3.05) is 6.61 Å². The number of carbonyl (C=O) groups is 1. The van der Waals surface area contributed by atoms with E-state index in [1.54, 1.807) is 0 Å². The Labute approximate surface area is 124 Å². The van der Waals surface area contributed by atoms with Crippen LogP contribution in [0.5, 0.6) is 0 Å². The van der Waals surface area contributed by atoms with Crippen LogP contribution in [0, 0.1) is 5.92 Å². The van der Waals surface area contributed by atoms with Crippen LogP contribution in [0.2, 0.25) is 18.1 Å². The van der Waals surface area contributed by atoms with E-state index in [9.17, 15) is 4.79 Å². The Hall–Kier alpha value is -0.233. The molecule has 0 N–H and O–H groups in total. The molecule has 0 aliphatic carbocycles. The van der Waals surface area contributed by atoms with Crippen molar-refractivity contribution in [3.05, 3.63) is 0 Å². The fourth-order valence-corrected chi connectivity index (χ4v) is 3.39. The molecule has 0 aromatic heterocycles. The normalized spacial score (nSPS) is 26.3. The number of hydrogen-bond donors (Lipinski definition) is 0. The molecule has 0 amide bonds. The van der Waals surface area contributed by atoms with E-state index < -0.39 is 14.1 Å². The summed E-state index contributed by atoms with van der Waals surface area (Å²) in [5, 5.41) is 0.100.